The Hall–Kier alpha value is -1.78. The van der Waals surface area contributed by atoms with Gasteiger partial charge in [0, 0.05) is 10.7 Å². The quantitative estimate of drug-likeness (QED) is 0.374. The lowest BCUT2D eigenvalue weighted by atomic mass is 10.5. The fourth-order valence-electron chi connectivity index (χ4n) is 1.15. The summed E-state index contributed by atoms with van der Waals surface area (Å²) in [5, 5.41) is 11.6. The maximum Gasteiger partial charge on any atom is 0.320 e. The summed E-state index contributed by atoms with van der Waals surface area (Å²) in [5.41, 5.74) is 2.04. The molecule has 2 rings (SSSR count). The number of halogens is 1. The second kappa shape index (κ2) is 5.91. The molecule has 0 atom stereocenters. The number of hydrazine groups is 1. The summed E-state index contributed by atoms with van der Waals surface area (Å²) in [5.74, 6) is 5.28. The average Bonchev–Trinajstić information content (AvgIpc) is 2.41. The summed E-state index contributed by atoms with van der Waals surface area (Å²) in [7, 11) is 0. The van der Waals surface area contributed by atoms with Crippen LogP contribution in [0.3, 0.4) is 0 Å². The Balaban J connectivity index is 2.36. The van der Waals surface area contributed by atoms with E-state index in [0.717, 1.165) is 22.4 Å². The van der Waals surface area contributed by atoms with Crippen LogP contribution in [0.4, 0.5) is 11.6 Å². The molecule has 0 amide bonds. The number of rotatable bonds is 4. The van der Waals surface area contributed by atoms with E-state index in [1.165, 1.54) is 0 Å². The molecule has 2 aromatic rings. The zero-order valence-electron chi connectivity index (χ0n) is 9.28. The van der Waals surface area contributed by atoms with Crippen LogP contribution in [0.5, 0.6) is 0 Å². The predicted octanol–water partition coefficient (Wildman–Crippen LogP) is 1.98. The SMILES string of the molecule is NNc1ncc([N+](=O)[O-])c(Sc2ccc(Br)cn2)n1. The second-order valence-electron chi connectivity index (χ2n) is 3.20. The monoisotopic (exact) mass is 342 g/mol. The molecule has 0 aliphatic heterocycles. The lowest BCUT2D eigenvalue weighted by Crippen LogP contribution is -2.11. The van der Waals surface area contributed by atoms with Crippen LogP contribution >= 0.6 is 27.7 Å². The molecule has 0 fully saturated rings. The Labute approximate surface area is 120 Å². The first-order valence-corrected chi connectivity index (χ1v) is 6.48. The predicted molar refractivity (Wildman–Crippen MR) is 72.6 cm³/mol. The van der Waals surface area contributed by atoms with Gasteiger partial charge in [0.15, 0.2) is 5.03 Å². The molecule has 19 heavy (non-hydrogen) atoms. The first-order chi connectivity index (χ1) is 9.10. The van der Waals surface area contributed by atoms with Crippen molar-refractivity contribution in [3.63, 3.8) is 0 Å². The molecule has 2 heterocycles. The highest BCUT2D eigenvalue weighted by atomic mass is 79.9. The highest BCUT2D eigenvalue weighted by Gasteiger charge is 2.18. The molecule has 0 unspecified atom stereocenters. The maximum atomic E-state index is 10.9. The number of pyridine rings is 1. The molecular weight excluding hydrogens is 336 g/mol. The lowest BCUT2D eigenvalue weighted by Gasteiger charge is -2.03. The van der Waals surface area contributed by atoms with Gasteiger partial charge in [-0.25, -0.2) is 15.8 Å². The first kappa shape index (κ1) is 13.6. The number of nitro groups is 1. The van der Waals surface area contributed by atoms with E-state index >= 15 is 0 Å². The fourth-order valence-corrected chi connectivity index (χ4v) is 2.19. The van der Waals surface area contributed by atoms with Crippen LogP contribution in [-0.2, 0) is 0 Å². The number of nitrogens with zero attached hydrogens (tertiary/aromatic N) is 4. The van der Waals surface area contributed by atoms with Gasteiger partial charge in [0.05, 0.1) is 4.92 Å². The number of anilines is 1. The Morgan fingerprint density at radius 3 is 2.74 bits per heavy atom. The Kier molecular flexibility index (Phi) is 4.24. The molecule has 98 valence electrons. The molecule has 0 spiro atoms. The third-order valence-corrected chi connectivity index (χ3v) is 3.38. The van der Waals surface area contributed by atoms with E-state index in [1.807, 2.05) is 0 Å². The van der Waals surface area contributed by atoms with E-state index in [2.05, 4.69) is 36.3 Å². The summed E-state index contributed by atoms with van der Waals surface area (Å²) in [4.78, 5) is 22.1. The maximum absolute atomic E-state index is 10.9. The minimum Gasteiger partial charge on any atom is -0.292 e. The second-order valence-corrected chi connectivity index (χ2v) is 5.13. The van der Waals surface area contributed by atoms with Crippen LogP contribution < -0.4 is 11.3 Å². The van der Waals surface area contributed by atoms with Crippen molar-refractivity contribution in [2.45, 2.75) is 10.1 Å². The average molecular weight is 343 g/mol. The van der Waals surface area contributed by atoms with Gasteiger partial charge in [0.1, 0.15) is 11.2 Å². The highest BCUT2D eigenvalue weighted by Crippen LogP contribution is 2.32. The van der Waals surface area contributed by atoms with Gasteiger partial charge in [-0.2, -0.15) is 4.98 Å². The van der Waals surface area contributed by atoms with Crippen molar-refractivity contribution in [1.29, 1.82) is 0 Å². The number of aromatic nitrogens is 3. The Morgan fingerprint density at radius 1 is 1.37 bits per heavy atom. The summed E-state index contributed by atoms with van der Waals surface area (Å²) in [6.07, 6.45) is 2.70. The van der Waals surface area contributed by atoms with Gasteiger partial charge in [-0.15, -0.1) is 0 Å². The number of hydrogen-bond donors (Lipinski definition) is 2. The molecule has 3 N–H and O–H groups in total. The van der Waals surface area contributed by atoms with Gasteiger partial charge in [-0.1, -0.05) is 0 Å². The standard InChI is InChI=1S/C9H7BrN6O2S/c10-5-1-2-7(12-3-5)19-8-6(16(17)18)4-13-9(14-8)15-11/h1-4H,11H2,(H,13,14,15). The van der Waals surface area contributed by atoms with Gasteiger partial charge < -0.3 is 0 Å². The zero-order valence-corrected chi connectivity index (χ0v) is 11.7. The summed E-state index contributed by atoms with van der Waals surface area (Å²) in [6.45, 7) is 0. The van der Waals surface area contributed by atoms with Crippen LogP contribution in [0.2, 0.25) is 0 Å². The molecular formula is C9H7BrN6O2S. The number of nitrogens with one attached hydrogen (secondary N) is 1. The zero-order chi connectivity index (χ0) is 13.8. The largest absolute Gasteiger partial charge is 0.320 e. The highest BCUT2D eigenvalue weighted by molar-refractivity contribution is 9.10. The Bertz CT molecular complexity index is 608. The molecule has 0 bridgehead atoms. The van der Waals surface area contributed by atoms with Crippen LogP contribution in [0.15, 0.2) is 39.1 Å². The summed E-state index contributed by atoms with van der Waals surface area (Å²) >= 11 is 4.32. The molecule has 10 heteroatoms. The van der Waals surface area contributed by atoms with Crippen molar-refractivity contribution >= 4 is 39.3 Å². The first-order valence-electron chi connectivity index (χ1n) is 4.87. The van der Waals surface area contributed by atoms with E-state index in [0.29, 0.717) is 5.03 Å². The molecule has 0 saturated carbocycles. The molecule has 8 nitrogen and oxygen atoms in total. The van der Waals surface area contributed by atoms with Crippen molar-refractivity contribution < 1.29 is 4.92 Å². The van der Waals surface area contributed by atoms with E-state index in [4.69, 9.17) is 5.84 Å². The third kappa shape index (κ3) is 3.36. The molecule has 0 aliphatic carbocycles. The van der Waals surface area contributed by atoms with Crippen molar-refractivity contribution in [1.82, 2.24) is 15.0 Å². The van der Waals surface area contributed by atoms with Gasteiger partial charge >= 0.3 is 5.69 Å². The van der Waals surface area contributed by atoms with Crippen LogP contribution in [-0.4, -0.2) is 19.9 Å². The van der Waals surface area contributed by atoms with Gasteiger partial charge in [0.2, 0.25) is 5.95 Å². The fraction of sp³-hybridized carbons (Fsp3) is 0. The minimum absolute atomic E-state index is 0.102. The van der Waals surface area contributed by atoms with Crippen LogP contribution in [0.1, 0.15) is 0 Å². The normalized spacial score (nSPS) is 10.2. The molecule has 0 radical (unpaired) electrons. The molecule has 2 aromatic heterocycles. The third-order valence-electron chi connectivity index (χ3n) is 1.96. The van der Waals surface area contributed by atoms with E-state index < -0.39 is 4.92 Å². The molecule has 0 aromatic carbocycles. The van der Waals surface area contributed by atoms with Gasteiger partial charge in [-0.3, -0.25) is 15.5 Å². The molecule has 0 aliphatic rings. The number of hydrogen-bond acceptors (Lipinski definition) is 8. The van der Waals surface area contributed by atoms with Crippen molar-refractivity contribution in [2.24, 2.45) is 5.84 Å². The van der Waals surface area contributed by atoms with E-state index in [-0.39, 0.29) is 16.7 Å². The topological polar surface area (TPSA) is 120 Å². The number of nitrogen functional groups attached to an aromatic ring is 1. The summed E-state index contributed by atoms with van der Waals surface area (Å²) < 4.78 is 0.818. The van der Waals surface area contributed by atoms with E-state index in [9.17, 15) is 10.1 Å². The van der Waals surface area contributed by atoms with Crippen molar-refractivity contribution in [3.05, 3.63) is 39.1 Å². The smallest absolute Gasteiger partial charge is 0.292 e. The van der Waals surface area contributed by atoms with E-state index in [1.54, 1.807) is 18.3 Å². The summed E-state index contributed by atoms with van der Waals surface area (Å²) in [6, 6.07) is 3.50. The van der Waals surface area contributed by atoms with Crippen molar-refractivity contribution in [2.75, 3.05) is 5.43 Å². The van der Waals surface area contributed by atoms with Gasteiger partial charge in [-0.05, 0) is 39.8 Å². The molecule has 0 saturated heterocycles. The minimum atomic E-state index is -0.554. The number of nitrogens with two attached hydrogens (primary N) is 1. The van der Waals surface area contributed by atoms with Crippen molar-refractivity contribution in [3.8, 4) is 0 Å². The van der Waals surface area contributed by atoms with Crippen LogP contribution in [0.25, 0.3) is 0 Å². The van der Waals surface area contributed by atoms with Gasteiger partial charge in [0.25, 0.3) is 0 Å². The Morgan fingerprint density at radius 2 is 2.16 bits per heavy atom. The lowest BCUT2D eigenvalue weighted by molar-refractivity contribution is -0.388. The van der Waals surface area contributed by atoms with Crippen LogP contribution in [0, 0.1) is 10.1 Å².